The Labute approximate surface area is 92.7 Å². The van der Waals surface area contributed by atoms with E-state index in [-0.39, 0.29) is 23.6 Å². The van der Waals surface area contributed by atoms with Crippen molar-refractivity contribution >= 4 is 34.4 Å². The molecule has 0 aromatic heterocycles. The number of halogens is 1. The van der Waals surface area contributed by atoms with Crippen molar-refractivity contribution < 1.29 is 5.11 Å². The molecule has 0 spiro atoms. The number of hydrogen-bond acceptors (Lipinski definition) is 3. The summed E-state index contributed by atoms with van der Waals surface area (Å²) in [7, 11) is 0. The lowest BCUT2D eigenvalue weighted by atomic mass is 10.3. The topological polar surface area (TPSA) is 23.5 Å². The third kappa shape index (κ3) is 2.18. The molecule has 1 aromatic carbocycles. The van der Waals surface area contributed by atoms with Crippen LogP contribution in [0.1, 0.15) is 0 Å². The van der Waals surface area contributed by atoms with Crippen molar-refractivity contribution in [3.63, 3.8) is 0 Å². The van der Waals surface area contributed by atoms with Crippen LogP contribution < -0.4 is 4.90 Å². The normalized spacial score (nSPS) is 13.8. The standard InChI is InChI=1S/C9H11NOS.BrH/c11-6-5-10-7-12-9-4-2-1-3-8(9)10;/h1-4,11H,5-7H2;1H. The van der Waals surface area contributed by atoms with Crippen molar-refractivity contribution in [1.29, 1.82) is 0 Å². The van der Waals surface area contributed by atoms with E-state index in [1.165, 1.54) is 10.6 Å². The maximum atomic E-state index is 8.80. The van der Waals surface area contributed by atoms with E-state index < -0.39 is 0 Å². The quantitative estimate of drug-likeness (QED) is 0.883. The molecule has 0 aliphatic carbocycles. The van der Waals surface area contributed by atoms with Gasteiger partial charge in [0.25, 0.3) is 0 Å². The molecule has 13 heavy (non-hydrogen) atoms. The summed E-state index contributed by atoms with van der Waals surface area (Å²) < 4.78 is 0. The van der Waals surface area contributed by atoms with Crippen molar-refractivity contribution in [3.05, 3.63) is 24.3 Å². The maximum Gasteiger partial charge on any atom is 0.0687 e. The van der Waals surface area contributed by atoms with E-state index in [2.05, 4.69) is 17.0 Å². The van der Waals surface area contributed by atoms with Crippen LogP contribution in [0.15, 0.2) is 29.2 Å². The van der Waals surface area contributed by atoms with E-state index in [0.717, 1.165) is 12.4 Å². The van der Waals surface area contributed by atoms with Crippen LogP contribution in [0.2, 0.25) is 0 Å². The average molecular weight is 262 g/mol. The summed E-state index contributed by atoms with van der Waals surface area (Å²) in [6.07, 6.45) is 0. The van der Waals surface area contributed by atoms with Gasteiger partial charge in [0.1, 0.15) is 0 Å². The summed E-state index contributed by atoms with van der Waals surface area (Å²) >= 11 is 1.83. The number of rotatable bonds is 2. The number of para-hydroxylation sites is 1. The van der Waals surface area contributed by atoms with E-state index in [9.17, 15) is 0 Å². The molecule has 1 heterocycles. The van der Waals surface area contributed by atoms with Gasteiger partial charge in [-0.05, 0) is 12.1 Å². The molecule has 0 atom stereocenters. The molecule has 72 valence electrons. The van der Waals surface area contributed by atoms with Gasteiger partial charge in [0.05, 0.1) is 18.2 Å². The molecule has 2 nitrogen and oxygen atoms in total. The number of benzene rings is 1. The summed E-state index contributed by atoms with van der Waals surface area (Å²) in [5, 5.41) is 8.80. The molecule has 2 rings (SSSR count). The van der Waals surface area contributed by atoms with Crippen LogP contribution in [0.4, 0.5) is 5.69 Å². The van der Waals surface area contributed by atoms with Crippen LogP contribution in [0.5, 0.6) is 0 Å². The smallest absolute Gasteiger partial charge is 0.0687 e. The number of aliphatic hydroxyl groups excluding tert-OH is 1. The number of anilines is 1. The fourth-order valence-electron chi connectivity index (χ4n) is 1.36. The zero-order valence-electron chi connectivity index (χ0n) is 7.14. The summed E-state index contributed by atoms with van der Waals surface area (Å²) in [4.78, 5) is 3.52. The van der Waals surface area contributed by atoms with Gasteiger partial charge < -0.3 is 10.0 Å². The number of β-amino-alcohol motifs (C(OH)–C–C–N with tert-alkyl or cyclic N) is 1. The van der Waals surface area contributed by atoms with Crippen LogP contribution in [-0.4, -0.2) is 24.1 Å². The van der Waals surface area contributed by atoms with E-state index in [1.807, 2.05) is 23.9 Å². The van der Waals surface area contributed by atoms with Gasteiger partial charge in [-0.25, -0.2) is 0 Å². The molecule has 1 aromatic rings. The lowest BCUT2D eigenvalue weighted by molar-refractivity contribution is 0.304. The molecular formula is C9H12BrNOS. The lowest BCUT2D eigenvalue weighted by Gasteiger charge is -2.15. The predicted molar refractivity (Wildman–Crippen MR) is 61.9 cm³/mol. The Bertz CT molecular complexity index is 280. The SMILES string of the molecule is Br.OCCN1CSc2ccccc21. The Morgan fingerprint density at radius 2 is 2.15 bits per heavy atom. The largest absolute Gasteiger partial charge is 0.395 e. The van der Waals surface area contributed by atoms with Gasteiger partial charge in [0.15, 0.2) is 0 Å². The minimum atomic E-state index is 0. The molecule has 0 unspecified atom stereocenters. The van der Waals surface area contributed by atoms with Crippen LogP contribution in [0, 0.1) is 0 Å². The van der Waals surface area contributed by atoms with Gasteiger partial charge in [-0.1, -0.05) is 12.1 Å². The second-order valence-electron chi connectivity index (χ2n) is 2.73. The van der Waals surface area contributed by atoms with Crippen LogP contribution in [-0.2, 0) is 0 Å². The number of hydrogen-bond donors (Lipinski definition) is 1. The number of aliphatic hydroxyl groups is 1. The van der Waals surface area contributed by atoms with Crippen LogP contribution in [0.25, 0.3) is 0 Å². The van der Waals surface area contributed by atoms with Crippen LogP contribution in [0.3, 0.4) is 0 Å². The second kappa shape index (κ2) is 4.88. The minimum absolute atomic E-state index is 0. The first-order chi connectivity index (χ1) is 5.92. The van der Waals surface area contributed by atoms with Crippen molar-refractivity contribution in [2.24, 2.45) is 0 Å². The lowest BCUT2D eigenvalue weighted by Crippen LogP contribution is -2.22. The monoisotopic (exact) mass is 261 g/mol. The Kier molecular flexibility index (Phi) is 4.09. The average Bonchev–Trinajstić information content (AvgIpc) is 2.50. The van der Waals surface area contributed by atoms with E-state index in [0.29, 0.717) is 0 Å². The number of nitrogens with zero attached hydrogens (tertiary/aromatic N) is 1. The molecule has 1 N–H and O–H groups in total. The predicted octanol–water partition coefficient (Wildman–Crippen LogP) is 2.13. The highest BCUT2D eigenvalue weighted by Crippen LogP contribution is 2.37. The minimum Gasteiger partial charge on any atom is -0.395 e. The van der Waals surface area contributed by atoms with Crippen molar-refractivity contribution in [2.75, 3.05) is 23.9 Å². The molecule has 1 aliphatic heterocycles. The van der Waals surface area contributed by atoms with Gasteiger partial charge in [-0.2, -0.15) is 0 Å². The van der Waals surface area contributed by atoms with Crippen molar-refractivity contribution in [3.8, 4) is 0 Å². The first-order valence-corrected chi connectivity index (χ1v) is 4.98. The molecule has 4 heteroatoms. The van der Waals surface area contributed by atoms with E-state index in [4.69, 9.17) is 5.11 Å². The first-order valence-electron chi connectivity index (χ1n) is 3.99. The summed E-state index contributed by atoms with van der Waals surface area (Å²) in [6, 6.07) is 8.31. The Morgan fingerprint density at radius 3 is 2.92 bits per heavy atom. The van der Waals surface area contributed by atoms with Gasteiger partial charge in [0, 0.05) is 11.4 Å². The van der Waals surface area contributed by atoms with Gasteiger partial charge in [0.2, 0.25) is 0 Å². The molecule has 0 bridgehead atoms. The number of fused-ring (bicyclic) bond motifs is 1. The summed E-state index contributed by atoms with van der Waals surface area (Å²) in [5.74, 6) is 0.972. The van der Waals surface area contributed by atoms with Crippen LogP contribution >= 0.6 is 28.7 Å². The summed E-state index contributed by atoms with van der Waals surface area (Å²) in [5.41, 5.74) is 1.26. The molecule has 0 saturated carbocycles. The highest BCUT2D eigenvalue weighted by Gasteiger charge is 2.17. The highest BCUT2D eigenvalue weighted by atomic mass is 79.9. The molecule has 0 saturated heterocycles. The summed E-state index contributed by atoms with van der Waals surface area (Å²) in [6.45, 7) is 0.971. The zero-order valence-corrected chi connectivity index (χ0v) is 9.67. The zero-order chi connectivity index (χ0) is 8.39. The molecule has 0 fully saturated rings. The Morgan fingerprint density at radius 1 is 1.38 bits per heavy atom. The fraction of sp³-hybridized carbons (Fsp3) is 0.333. The molecular weight excluding hydrogens is 250 g/mol. The van der Waals surface area contributed by atoms with Crippen molar-refractivity contribution in [2.45, 2.75) is 4.90 Å². The van der Waals surface area contributed by atoms with E-state index in [1.54, 1.807) is 0 Å². The van der Waals surface area contributed by atoms with Gasteiger partial charge in [-0.15, -0.1) is 28.7 Å². The third-order valence-corrected chi connectivity index (χ3v) is 3.05. The van der Waals surface area contributed by atoms with Crippen molar-refractivity contribution in [1.82, 2.24) is 0 Å². The Hall–Kier alpha value is -0.190. The fourth-order valence-corrected chi connectivity index (χ4v) is 2.45. The second-order valence-corrected chi connectivity index (χ2v) is 3.71. The van der Waals surface area contributed by atoms with Gasteiger partial charge >= 0.3 is 0 Å². The first kappa shape index (κ1) is 10.9. The van der Waals surface area contributed by atoms with E-state index >= 15 is 0 Å². The number of thioether (sulfide) groups is 1. The molecule has 0 amide bonds. The maximum absolute atomic E-state index is 8.80. The highest BCUT2D eigenvalue weighted by molar-refractivity contribution is 8.93. The van der Waals surface area contributed by atoms with Gasteiger partial charge in [-0.3, -0.25) is 0 Å². The Balaban J connectivity index is 0.000000845. The third-order valence-electron chi connectivity index (χ3n) is 1.95. The molecule has 1 aliphatic rings. The molecule has 0 radical (unpaired) electrons.